The van der Waals surface area contributed by atoms with Gasteiger partial charge in [0.15, 0.2) is 0 Å². The molecule has 0 spiro atoms. The normalized spacial score (nSPS) is 22.7. The Morgan fingerprint density at radius 2 is 1.87 bits per heavy atom. The van der Waals surface area contributed by atoms with E-state index in [-0.39, 0.29) is 5.56 Å². The van der Waals surface area contributed by atoms with E-state index in [1.54, 1.807) is 4.90 Å². The molecule has 0 amide bonds. The Bertz CT molecular complexity index is 1270. The third kappa shape index (κ3) is 3.11. The molecule has 1 N–H and O–H groups in total. The van der Waals surface area contributed by atoms with Crippen LogP contribution in [0.25, 0.3) is 21.9 Å². The number of aromatic nitrogens is 1. The minimum absolute atomic E-state index is 0.180. The van der Waals surface area contributed by atoms with E-state index in [1.165, 1.54) is 34.3 Å². The fourth-order valence-corrected chi connectivity index (χ4v) is 6.33. The molecule has 2 aromatic carbocycles. The summed E-state index contributed by atoms with van der Waals surface area (Å²) in [6, 6.07) is 23.4. The lowest BCUT2D eigenvalue weighted by molar-refractivity contribution is -0.924. The minimum Gasteiger partial charge on any atom is -0.330 e. The number of hydrogen-bond donors (Lipinski definition) is 1. The molecule has 1 unspecified atom stereocenters. The number of benzene rings is 2. The Balaban J connectivity index is 1.34. The van der Waals surface area contributed by atoms with E-state index in [1.807, 2.05) is 11.3 Å². The maximum atomic E-state index is 13.5. The number of hydrogen-bond acceptors (Lipinski definition) is 2. The molecule has 6 rings (SSSR count). The van der Waals surface area contributed by atoms with Gasteiger partial charge in [-0.3, -0.25) is 4.79 Å². The van der Waals surface area contributed by atoms with Crippen molar-refractivity contribution in [1.29, 1.82) is 0 Å². The van der Waals surface area contributed by atoms with E-state index in [0.29, 0.717) is 11.8 Å². The molecule has 150 valence electrons. The van der Waals surface area contributed by atoms with Gasteiger partial charge in [-0.2, -0.15) is 0 Å². The van der Waals surface area contributed by atoms with Crippen LogP contribution in [0.5, 0.6) is 0 Å². The third-order valence-electron chi connectivity index (χ3n) is 6.86. The average Bonchev–Trinajstić information content (AvgIpc) is 3.27. The molecule has 3 atom stereocenters. The molecule has 1 saturated heterocycles. The molecule has 0 saturated carbocycles. The topological polar surface area (TPSA) is 26.4 Å². The lowest BCUT2D eigenvalue weighted by Gasteiger charge is -2.40. The molecule has 4 heterocycles. The van der Waals surface area contributed by atoms with Gasteiger partial charge >= 0.3 is 0 Å². The Hall–Kier alpha value is -2.69. The smallest absolute Gasteiger partial charge is 0.258 e. The zero-order valence-corrected chi connectivity index (χ0v) is 17.7. The lowest BCUT2D eigenvalue weighted by atomic mass is 9.82. The molecule has 3 nitrogen and oxygen atoms in total. The summed E-state index contributed by atoms with van der Waals surface area (Å²) in [6.45, 7) is 4.27. The van der Waals surface area contributed by atoms with Crippen molar-refractivity contribution in [1.82, 2.24) is 4.57 Å². The summed E-state index contributed by atoms with van der Waals surface area (Å²) >= 11 is 1.86. The fourth-order valence-electron chi connectivity index (χ4n) is 5.55. The zero-order valence-electron chi connectivity index (χ0n) is 16.9. The second-order valence-electron chi connectivity index (χ2n) is 8.86. The van der Waals surface area contributed by atoms with Crippen molar-refractivity contribution < 1.29 is 4.90 Å². The molecule has 1 fully saturated rings. The summed E-state index contributed by atoms with van der Waals surface area (Å²) in [6.07, 6.45) is 1.22. The summed E-state index contributed by atoms with van der Waals surface area (Å²) in [5.41, 5.74) is 3.27. The second-order valence-corrected chi connectivity index (χ2v) is 9.89. The second kappa shape index (κ2) is 7.22. The van der Waals surface area contributed by atoms with Gasteiger partial charge in [-0.25, -0.2) is 0 Å². The van der Waals surface area contributed by atoms with Crippen LogP contribution in [-0.2, 0) is 13.1 Å². The average molecular weight is 414 g/mol. The van der Waals surface area contributed by atoms with Crippen molar-refractivity contribution in [2.75, 3.05) is 13.1 Å². The Morgan fingerprint density at radius 1 is 0.967 bits per heavy atom. The number of rotatable bonds is 3. The molecule has 4 heteroatoms. The van der Waals surface area contributed by atoms with Crippen LogP contribution < -0.4 is 10.5 Å². The summed E-state index contributed by atoms with van der Waals surface area (Å²) in [4.78, 5) is 16.6. The number of quaternary nitrogens is 1. The highest BCUT2D eigenvalue weighted by Gasteiger charge is 2.37. The van der Waals surface area contributed by atoms with Crippen molar-refractivity contribution in [2.45, 2.75) is 25.4 Å². The molecule has 4 aromatic rings. The third-order valence-corrected chi connectivity index (χ3v) is 7.74. The van der Waals surface area contributed by atoms with E-state index in [4.69, 9.17) is 0 Å². The fraction of sp³-hybridized carbons (Fsp3) is 0.269. The Labute approximate surface area is 180 Å². The van der Waals surface area contributed by atoms with Gasteiger partial charge in [0.05, 0.1) is 18.0 Å². The van der Waals surface area contributed by atoms with Crippen LogP contribution in [-0.4, -0.2) is 17.7 Å². The van der Waals surface area contributed by atoms with Gasteiger partial charge in [0.25, 0.3) is 5.56 Å². The number of pyridine rings is 1. The van der Waals surface area contributed by atoms with Gasteiger partial charge < -0.3 is 9.47 Å². The quantitative estimate of drug-likeness (QED) is 0.541. The number of nitrogens with one attached hydrogen (secondary N) is 1. The van der Waals surface area contributed by atoms with Gasteiger partial charge in [0.1, 0.15) is 6.54 Å². The van der Waals surface area contributed by atoms with Crippen molar-refractivity contribution in [3.8, 4) is 11.1 Å². The first-order valence-electron chi connectivity index (χ1n) is 10.8. The number of nitrogens with zero attached hydrogens (tertiary/aromatic N) is 1. The number of fused-ring (bicyclic) bond motifs is 5. The summed E-state index contributed by atoms with van der Waals surface area (Å²) in [5, 5.41) is 4.56. The van der Waals surface area contributed by atoms with Gasteiger partial charge in [0.2, 0.25) is 0 Å². The van der Waals surface area contributed by atoms with Crippen LogP contribution >= 0.6 is 11.3 Å². The number of piperidine rings is 1. The van der Waals surface area contributed by atoms with Crippen molar-refractivity contribution in [3.63, 3.8) is 0 Å². The van der Waals surface area contributed by atoms with Crippen LogP contribution in [0.3, 0.4) is 0 Å². The van der Waals surface area contributed by atoms with Gasteiger partial charge in [-0.15, -0.1) is 11.3 Å². The van der Waals surface area contributed by atoms with Crippen molar-refractivity contribution >= 4 is 22.1 Å². The van der Waals surface area contributed by atoms with E-state index in [9.17, 15) is 4.79 Å². The van der Waals surface area contributed by atoms with Crippen molar-refractivity contribution in [2.24, 2.45) is 5.92 Å². The van der Waals surface area contributed by atoms with E-state index < -0.39 is 0 Å². The SMILES string of the molecule is O=c1c(-c2ccc3ccccc3c2)ccc2n1C[C@H]1C[C@@H]2C[NH+](Cc2cccs2)C1. The van der Waals surface area contributed by atoms with Crippen LogP contribution in [0.4, 0.5) is 0 Å². The Morgan fingerprint density at radius 3 is 2.73 bits per heavy atom. The predicted octanol–water partition coefficient (Wildman–Crippen LogP) is 3.93. The Kier molecular flexibility index (Phi) is 4.36. The van der Waals surface area contributed by atoms with Crippen LogP contribution in [0.1, 0.15) is 22.9 Å². The summed E-state index contributed by atoms with van der Waals surface area (Å²) in [7, 11) is 0. The van der Waals surface area contributed by atoms with Crippen LogP contribution in [0.15, 0.2) is 76.9 Å². The summed E-state index contributed by atoms with van der Waals surface area (Å²) in [5.74, 6) is 1.08. The monoisotopic (exact) mass is 413 g/mol. The van der Waals surface area contributed by atoms with Crippen LogP contribution in [0, 0.1) is 5.92 Å². The predicted molar refractivity (Wildman–Crippen MR) is 123 cm³/mol. The van der Waals surface area contributed by atoms with Crippen LogP contribution in [0.2, 0.25) is 0 Å². The van der Waals surface area contributed by atoms with Crippen molar-refractivity contribution in [3.05, 3.63) is 93.0 Å². The first-order chi connectivity index (χ1) is 14.7. The number of likely N-dealkylation sites (tertiary alicyclic amines) is 1. The molecule has 2 bridgehead atoms. The maximum absolute atomic E-state index is 13.5. The molecule has 30 heavy (non-hydrogen) atoms. The highest BCUT2D eigenvalue weighted by molar-refractivity contribution is 7.09. The van der Waals surface area contributed by atoms with Gasteiger partial charge in [-0.05, 0) is 52.4 Å². The largest absolute Gasteiger partial charge is 0.330 e. The first kappa shape index (κ1) is 18.1. The van der Waals surface area contributed by atoms with E-state index in [2.05, 4.69) is 76.7 Å². The molecule has 2 aliphatic heterocycles. The van der Waals surface area contributed by atoms with Gasteiger partial charge in [0, 0.05) is 29.6 Å². The first-order valence-corrected chi connectivity index (χ1v) is 11.7. The zero-order chi connectivity index (χ0) is 20.1. The summed E-state index contributed by atoms with van der Waals surface area (Å²) < 4.78 is 2.09. The van der Waals surface area contributed by atoms with Gasteiger partial charge in [-0.1, -0.05) is 42.5 Å². The number of thiophene rings is 1. The minimum atomic E-state index is 0.180. The highest BCUT2D eigenvalue weighted by Crippen LogP contribution is 2.32. The molecule has 0 radical (unpaired) electrons. The van der Waals surface area contributed by atoms with E-state index in [0.717, 1.165) is 30.8 Å². The van der Waals surface area contributed by atoms with E-state index >= 15 is 0 Å². The molecular weight excluding hydrogens is 388 g/mol. The lowest BCUT2D eigenvalue weighted by Crippen LogP contribution is -3.13. The maximum Gasteiger partial charge on any atom is 0.258 e. The molecule has 0 aliphatic carbocycles. The molecule has 2 aliphatic rings. The molecular formula is C26H25N2OS+. The standard InChI is InChI=1S/C26H24N2OS/c29-26-24(21-8-7-19-4-1-2-5-20(19)13-21)9-10-25-22-12-18(15-28(25)26)14-27(16-22)17-23-6-3-11-30-23/h1-11,13,18,22H,12,14-17H2/p+1/t18-,22+/m0/s1. The molecule has 2 aromatic heterocycles. The highest BCUT2D eigenvalue weighted by atomic mass is 32.1.